The molecule has 3 aromatic rings. The number of hydrogen-bond acceptors (Lipinski definition) is 7. The number of carbonyl (C=O) groups excluding carboxylic acids is 1. The first-order valence-corrected chi connectivity index (χ1v) is 11.6. The lowest BCUT2D eigenvalue weighted by atomic mass is 10.1. The molecule has 1 amide bonds. The fourth-order valence-corrected chi connectivity index (χ4v) is 3.64. The Balaban J connectivity index is 1.82. The number of aromatic hydroxyl groups is 1. The first-order chi connectivity index (χ1) is 18.4. The second-order valence-corrected chi connectivity index (χ2v) is 7.91. The fraction of sp³-hybridized carbons (Fsp3) is 0.167. The van der Waals surface area contributed by atoms with Crippen molar-refractivity contribution >= 4 is 29.8 Å². The molecule has 0 spiro atoms. The zero-order chi connectivity index (χ0) is 27.5. The Morgan fingerprint density at radius 3 is 2.11 bits per heavy atom. The molecule has 0 aliphatic heterocycles. The van der Waals surface area contributed by atoms with Gasteiger partial charge >= 0.3 is 0 Å². The van der Waals surface area contributed by atoms with Crippen molar-refractivity contribution in [2.24, 2.45) is 0 Å². The van der Waals surface area contributed by atoms with Gasteiger partial charge in [-0.25, -0.2) is 0 Å². The normalized spacial score (nSPS) is 10.8. The minimum absolute atomic E-state index is 0.120. The summed E-state index contributed by atoms with van der Waals surface area (Å²) < 4.78 is 27.0. The lowest BCUT2D eigenvalue weighted by Gasteiger charge is -2.13. The standard InChI is InChI=1S/C30H31NO7/c1-6-14-38-23-9-7-8-20(15-23)12-13-28(33)31-24-16-21(17-25(32)29(24)36-4)10-11-22-18-26(34-2)30(37-5)27(19-22)35-3/h6-13,15-19,32H,1,14H2,2-5H3,(H,31,33)/b11-10+,13-12+. The molecule has 3 rings (SSSR count). The van der Waals surface area contributed by atoms with Crippen LogP contribution in [-0.4, -0.2) is 46.1 Å². The Morgan fingerprint density at radius 1 is 0.842 bits per heavy atom. The molecule has 0 bridgehead atoms. The summed E-state index contributed by atoms with van der Waals surface area (Å²) in [4.78, 5) is 12.7. The molecule has 0 radical (unpaired) electrons. The van der Waals surface area contributed by atoms with Gasteiger partial charge in [-0.05, 0) is 59.2 Å². The van der Waals surface area contributed by atoms with Gasteiger partial charge in [0.15, 0.2) is 23.0 Å². The smallest absolute Gasteiger partial charge is 0.248 e. The molecule has 0 atom stereocenters. The summed E-state index contributed by atoms with van der Waals surface area (Å²) in [5, 5.41) is 13.3. The Hall–Kier alpha value is -4.85. The number of anilines is 1. The van der Waals surface area contributed by atoms with Crippen molar-refractivity contribution in [3.8, 4) is 34.5 Å². The first kappa shape index (κ1) is 27.7. The second-order valence-electron chi connectivity index (χ2n) is 7.91. The van der Waals surface area contributed by atoms with Gasteiger partial charge in [0.1, 0.15) is 12.4 Å². The quantitative estimate of drug-likeness (QED) is 0.178. The molecule has 0 aromatic heterocycles. The number of phenolic OH excluding ortho intramolecular Hbond substituents is 1. The molecule has 0 aliphatic carbocycles. The maximum Gasteiger partial charge on any atom is 0.248 e. The van der Waals surface area contributed by atoms with Crippen LogP contribution in [0.3, 0.4) is 0 Å². The van der Waals surface area contributed by atoms with E-state index in [0.717, 1.165) is 11.1 Å². The van der Waals surface area contributed by atoms with Crippen LogP contribution >= 0.6 is 0 Å². The van der Waals surface area contributed by atoms with Crippen LogP contribution in [0.4, 0.5) is 5.69 Å². The SMILES string of the molecule is C=CCOc1cccc(/C=C/C(=O)Nc2cc(/C=C/c3cc(OC)c(OC)c(OC)c3)cc(O)c2OC)c1. The van der Waals surface area contributed by atoms with Crippen LogP contribution in [0.1, 0.15) is 16.7 Å². The van der Waals surface area contributed by atoms with E-state index < -0.39 is 5.91 Å². The highest BCUT2D eigenvalue weighted by Crippen LogP contribution is 2.39. The van der Waals surface area contributed by atoms with Crippen LogP contribution in [0.15, 0.2) is 67.3 Å². The average molecular weight is 518 g/mol. The zero-order valence-corrected chi connectivity index (χ0v) is 21.8. The predicted octanol–water partition coefficient (Wildman–Crippen LogP) is 5.81. The number of phenols is 1. The number of rotatable bonds is 12. The van der Waals surface area contributed by atoms with E-state index in [2.05, 4.69) is 11.9 Å². The van der Waals surface area contributed by atoms with Crippen molar-refractivity contribution in [3.05, 3.63) is 84.0 Å². The summed E-state index contributed by atoms with van der Waals surface area (Å²) in [5.74, 6) is 1.82. The Kier molecular flexibility index (Phi) is 9.82. The van der Waals surface area contributed by atoms with Gasteiger partial charge in [-0.3, -0.25) is 4.79 Å². The van der Waals surface area contributed by atoms with Gasteiger partial charge in [-0.2, -0.15) is 0 Å². The minimum Gasteiger partial charge on any atom is -0.504 e. The molecule has 0 unspecified atom stereocenters. The highest BCUT2D eigenvalue weighted by atomic mass is 16.5. The number of methoxy groups -OCH3 is 4. The van der Waals surface area contributed by atoms with Gasteiger partial charge in [0.2, 0.25) is 11.7 Å². The Labute approximate surface area is 222 Å². The molecule has 198 valence electrons. The topological polar surface area (TPSA) is 95.5 Å². The van der Waals surface area contributed by atoms with Gasteiger partial charge < -0.3 is 34.1 Å². The number of benzene rings is 3. The lowest BCUT2D eigenvalue weighted by Crippen LogP contribution is -2.09. The van der Waals surface area contributed by atoms with Crippen molar-refractivity contribution in [2.75, 3.05) is 40.4 Å². The zero-order valence-electron chi connectivity index (χ0n) is 21.8. The molecule has 3 aromatic carbocycles. The minimum atomic E-state index is -0.397. The second kappa shape index (κ2) is 13.5. The summed E-state index contributed by atoms with van der Waals surface area (Å²) in [7, 11) is 6.05. The number of ether oxygens (including phenoxy) is 5. The highest BCUT2D eigenvalue weighted by molar-refractivity contribution is 6.03. The summed E-state index contributed by atoms with van der Waals surface area (Å²) >= 11 is 0. The van der Waals surface area contributed by atoms with Crippen LogP contribution < -0.4 is 29.0 Å². The van der Waals surface area contributed by atoms with E-state index in [1.54, 1.807) is 50.6 Å². The summed E-state index contributed by atoms with van der Waals surface area (Å²) in [5.41, 5.74) is 2.51. The molecule has 0 saturated heterocycles. The predicted molar refractivity (Wildman–Crippen MR) is 149 cm³/mol. The number of amides is 1. The van der Waals surface area contributed by atoms with E-state index in [9.17, 15) is 9.90 Å². The maximum absolute atomic E-state index is 12.7. The molecule has 8 nitrogen and oxygen atoms in total. The van der Waals surface area contributed by atoms with Crippen LogP contribution in [-0.2, 0) is 4.79 Å². The molecule has 8 heteroatoms. The van der Waals surface area contributed by atoms with Crippen LogP contribution in [0.25, 0.3) is 18.2 Å². The van der Waals surface area contributed by atoms with Crippen molar-refractivity contribution in [3.63, 3.8) is 0 Å². The van der Waals surface area contributed by atoms with Gasteiger partial charge in [-0.1, -0.05) is 36.9 Å². The lowest BCUT2D eigenvalue weighted by molar-refractivity contribution is -0.111. The van der Waals surface area contributed by atoms with Crippen LogP contribution in [0.5, 0.6) is 34.5 Å². The van der Waals surface area contributed by atoms with E-state index in [1.165, 1.54) is 26.4 Å². The monoisotopic (exact) mass is 517 g/mol. The van der Waals surface area contributed by atoms with Gasteiger partial charge in [0, 0.05) is 6.08 Å². The Bertz CT molecular complexity index is 1320. The molecule has 0 saturated carbocycles. The third-order valence-electron chi connectivity index (χ3n) is 5.36. The largest absolute Gasteiger partial charge is 0.504 e. The molecule has 38 heavy (non-hydrogen) atoms. The fourth-order valence-electron chi connectivity index (χ4n) is 3.64. The molecule has 0 aliphatic rings. The molecular weight excluding hydrogens is 486 g/mol. The van der Waals surface area contributed by atoms with Crippen molar-refractivity contribution < 1.29 is 33.6 Å². The van der Waals surface area contributed by atoms with E-state index in [0.29, 0.717) is 40.9 Å². The molecule has 0 fully saturated rings. The van der Waals surface area contributed by atoms with Crippen LogP contribution in [0.2, 0.25) is 0 Å². The molecule has 2 N–H and O–H groups in total. The summed E-state index contributed by atoms with van der Waals surface area (Å²) in [6, 6.07) is 14.2. The van der Waals surface area contributed by atoms with Gasteiger partial charge in [0.25, 0.3) is 0 Å². The third kappa shape index (κ3) is 7.10. The summed E-state index contributed by atoms with van der Waals surface area (Å²) in [6.45, 7) is 4.02. The van der Waals surface area contributed by atoms with Crippen molar-refractivity contribution in [1.29, 1.82) is 0 Å². The van der Waals surface area contributed by atoms with E-state index >= 15 is 0 Å². The van der Waals surface area contributed by atoms with E-state index in [4.69, 9.17) is 23.7 Å². The molecular formula is C30H31NO7. The van der Waals surface area contributed by atoms with E-state index in [-0.39, 0.29) is 11.5 Å². The third-order valence-corrected chi connectivity index (χ3v) is 5.36. The first-order valence-electron chi connectivity index (χ1n) is 11.6. The van der Waals surface area contributed by atoms with Crippen LogP contribution in [0, 0.1) is 0 Å². The number of carbonyl (C=O) groups is 1. The van der Waals surface area contributed by atoms with Gasteiger partial charge in [-0.15, -0.1) is 0 Å². The highest BCUT2D eigenvalue weighted by Gasteiger charge is 2.14. The van der Waals surface area contributed by atoms with E-state index in [1.807, 2.05) is 30.3 Å². The molecule has 0 heterocycles. The Morgan fingerprint density at radius 2 is 1.50 bits per heavy atom. The van der Waals surface area contributed by atoms with Crippen molar-refractivity contribution in [1.82, 2.24) is 0 Å². The number of hydrogen-bond donors (Lipinski definition) is 2. The number of nitrogens with one attached hydrogen (secondary N) is 1. The average Bonchev–Trinajstić information content (AvgIpc) is 2.93. The summed E-state index contributed by atoms with van der Waals surface area (Å²) in [6.07, 6.45) is 8.31. The maximum atomic E-state index is 12.7. The van der Waals surface area contributed by atoms with Gasteiger partial charge in [0.05, 0.1) is 34.1 Å². The van der Waals surface area contributed by atoms with Crippen molar-refractivity contribution in [2.45, 2.75) is 0 Å².